The number of methoxy groups -OCH3 is 1. The second-order valence-electron chi connectivity index (χ2n) is 4.61. The molecule has 0 radical (unpaired) electrons. The first-order chi connectivity index (χ1) is 9.80. The van der Waals surface area contributed by atoms with Gasteiger partial charge in [-0.25, -0.2) is 4.98 Å². The van der Waals surface area contributed by atoms with E-state index in [0.29, 0.717) is 6.54 Å². The van der Waals surface area contributed by atoms with E-state index in [9.17, 15) is 0 Å². The minimum atomic E-state index is 0.557. The van der Waals surface area contributed by atoms with Crippen molar-refractivity contribution in [2.45, 2.75) is 13.0 Å². The number of nitrogens with zero attached hydrogens (tertiary/aromatic N) is 1. The first kappa shape index (κ1) is 13.1. The van der Waals surface area contributed by atoms with Gasteiger partial charge in [-0.2, -0.15) is 0 Å². The summed E-state index contributed by atoms with van der Waals surface area (Å²) in [5.74, 6) is 0.881. The van der Waals surface area contributed by atoms with Crippen LogP contribution in [0.3, 0.4) is 0 Å². The maximum atomic E-state index is 5.64. The van der Waals surface area contributed by atoms with Gasteiger partial charge in [0.25, 0.3) is 0 Å². The Labute approximate surface area is 122 Å². The van der Waals surface area contributed by atoms with Crippen LogP contribution in [0.2, 0.25) is 0 Å². The first-order valence-electron chi connectivity index (χ1n) is 6.49. The molecule has 4 heteroatoms. The summed E-state index contributed by atoms with van der Waals surface area (Å²) in [6, 6.07) is 12.5. The highest BCUT2D eigenvalue weighted by Gasteiger charge is 2.07. The van der Waals surface area contributed by atoms with Crippen molar-refractivity contribution in [1.82, 2.24) is 4.98 Å². The second kappa shape index (κ2) is 5.61. The van der Waals surface area contributed by atoms with Gasteiger partial charge in [0.05, 0.1) is 12.1 Å². The van der Waals surface area contributed by atoms with Crippen LogP contribution in [0.5, 0.6) is 5.75 Å². The zero-order valence-corrected chi connectivity index (χ0v) is 12.1. The highest BCUT2D eigenvalue weighted by Crippen LogP contribution is 2.26. The SMILES string of the molecule is COc1ccc2cccc(Cc3ncc(CN)s3)c2c1. The lowest BCUT2D eigenvalue weighted by Crippen LogP contribution is -1.91. The van der Waals surface area contributed by atoms with Crippen LogP contribution in [0.25, 0.3) is 10.8 Å². The number of thiazole rings is 1. The number of fused-ring (bicyclic) bond motifs is 1. The van der Waals surface area contributed by atoms with Gasteiger partial charge < -0.3 is 10.5 Å². The van der Waals surface area contributed by atoms with Crippen LogP contribution in [0, 0.1) is 0 Å². The van der Waals surface area contributed by atoms with Gasteiger partial charge >= 0.3 is 0 Å². The van der Waals surface area contributed by atoms with Crippen LogP contribution in [0.15, 0.2) is 42.6 Å². The molecule has 0 amide bonds. The second-order valence-corrected chi connectivity index (χ2v) is 5.81. The number of aromatic nitrogens is 1. The van der Waals surface area contributed by atoms with E-state index in [1.165, 1.54) is 16.3 Å². The predicted octanol–water partition coefficient (Wildman–Crippen LogP) is 3.35. The molecule has 3 rings (SSSR count). The maximum Gasteiger partial charge on any atom is 0.119 e. The molecule has 20 heavy (non-hydrogen) atoms. The number of hydrogen-bond acceptors (Lipinski definition) is 4. The fourth-order valence-electron chi connectivity index (χ4n) is 2.28. The Morgan fingerprint density at radius 2 is 2.15 bits per heavy atom. The summed E-state index contributed by atoms with van der Waals surface area (Å²) in [4.78, 5) is 5.56. The summed E-state index contributed by atoms with van der Waals surface area (Å²) in [6.07, 6.45) is 2.70. The average molecular weight is 284 g/mol. The molecule has 0 saturated carbocycles. The third kappa shape index (κ3) is 2.53. The first-order valence-corrected chi connectivity index (χ1v) is 7.31. The predicted molar refractivity (Wildman–Crippen MR) is 83.3 cm³/mol. The van der Waals surface area contributed by atoms with Crippen molar-refractivity contribution in [2.24, 2.45) is 5.73 Å². The zero-order chi connectivity index (χ0) is 13.9. The van der Waals surface area contributed by atoms with Crippen molar-refractivity contribution in [3.8, 4) is 5.75 Å². The number of nitrogens with two attached hydrogens (primary N) is 1. The van der Waals surface area contributed by atoms with Gasteiger partial charge in [-0.15, -0.1) is 11.3 Å². The van der Waals surface area contributed by atoms with Gasteiger partial charge in [0, 0.05) is 24.0 Å². The van der Waals surface area contributed by atoms with E-state index in [0.717, 1.165) is 22.1 Å². The van der Waals surface area contributed by atoms with Gasteiger partial charge in [0.2, 0.25) is 0 Å². The lowest BCUT2D eigenvalue weighted by molar-refractivity contribution is 0.415. The maximum absolute atomic E-state index is 5.64. The quantitative estimate of drug-likeness (QED) is 0.799. The number of hydrogen-bond donors (Lipinski definition) is 1. The van der Waals surface area contributed by atoms with E-state index in [2.05, 4.69) is 35.3 Å². The monoisotopic (exact) mass is 284 g/mol. The molecule has 2 aromatic carbocycles. The smallest absolute Gasteiger partial charge is 0.119 e. The van der Waals surface area contributed by atoms with Crippen molar-refractivity contribution >= 4 is 22.1 Å². The van der Waals surface area contributed by atoms with Gasteiger partial charge in [-0.05, 0) is 28.5 Å². The molecule has 1 heterocycles. The molecule has 2 N–H and O–H groups in total. The van der Waals surface area contributed by atoms with E-state index < -0.39 is 0 Å². The molecule has 0 spiro atoms. The summed E-state index contributed by atoms with van der Waals surface area (Å²) >= 11 is 1.68. The van der Waals surface area contributed by atoms with Crippen molar-refractivity contribution in [3.63, 3.8) is 0 Å². The summed E-state index contributed by atoms with van der Waals surface area (Å²) in [5.41, 5.74) is 6.90. The third-order valence-electron chi connectivity index (χ3n) is 3.32. The minimum absolute atomic E-state index is 0.557. The van der Waals surface area contributed by atoms with Crippen molar-refractivity contribution in [1.29, 1.82) is 0 Å². The molecule has 1 aromatic heterocycles. The van der Waals surface area contributed by atoms with Crippen LogP contribution < -0.4 is 10.5 Å². The van der Waals surface area contributed by atoms with Crippen LogP contribution in [-0.2, 0) is 13.0 Å². The molecular weight excluding hydrogens is 268 g/mol. The fraction of sp³-hybridized carbons (Fsp3) is 0.188. The third-order valence-corrected chi connectivity index (χ3v) is 4.34. The molecule has 0 atom stereocenters. The standard InChI is InChI=1S/C16H16N2OS/c1-19-13-6-5-11-3-2-4-12(15(11)8-13)7-16-18-10-14(9-17)20-16/h2-6,8,10H,7,9,17H2,1H3. The largest absolute Gasteiger partial charge is 0.497 e. The van der Waals surface area contributed by atoms with E-state index in [1.807, 2.05) is 12.3 Å². The molecule has 0 aliphatic heterocycles. The Kier molecular flexibility index (Phi) is 3.67. The number of ether oxygens (including phenoxy) is 1. The van der Waals surface area contributed by atoms with E-state index in [-0.39, 0.29) is 0 Å². The normalized spacial score (nSPS) is 10.9. The summed E-state index contributed by atoms with van der Waals surface area (Å²) < 4.78 is 5.32. The Morgan fingerprint density at radius 3 is 2.90 bits per heavy atom. The van der Waals surface area contributed by atoms with Gasteiger partial charge in [-0.1, -0.05) is 24.3 Å². The highest BCUT2D eigenvalue weighted by atomic mass is 32.1. The summed E-state index contributed by atoms with van der Waals surface area (Å²) in [7, 11) is 1.69. The molecular formula is C16H16N2OS. The van der Waals surface area contributed by atoms with Crippen LogP contribution in [0.1, 0.15) is 15.4 Å². The van der Waals surface area contributed by atoms with E-state index in [4.69, 9.17) is 10.5 Å². The molecule has 0 saturated heterocycles. The van der Waals surface area contributed by atoms with E-state index in [1.54, 1.807) is 18.4 Å². The molecule has 102 valence electrons. The van der Waals surface area contributed by atoms with Gasteiger partial charge in [0.15, 0.2) is 0 Å². The lowest BCUT2D eigenvalue weighted by Gasteiger charge is -2.07. The van der Waals surface area contributed by atoms with E-state index >= 15 is 0 Å². The van der Waals surface area contributed by atoms with Gasteiger partial charge in [-0.3, -0.25) is 0 Å². The molecule has 0 bridgehead atoms. The highest BCUT2D eigenvalue weighted by molar-refractivity contribution is 7.11. The average Bonchev–Trinajstić information content (AvgIpc) is 2.95. The topological polar surface area (TPSA) is 48.1 Å². The Bertz CT molecular complexity index is 736. The Morgan fingerprint density at radius 1 is 1.25 bits per heavy atom. The van der Waals surface area contributed by atoms with Crippen molar-refractivity contribution in [2.75, 3.05) is 7.11 Å². The Balaban J connectivity index is 2.01. The van der Waals surface area contributed by atoms with Crippen LogP contribution in [-0.4, -0.2) is 12.1 Å². The molecule has 3 aromatic rings. The van der Waals surface area contributed by atoms with Crippen molar-refractivity contribution in [3.05, 3.63) is 58.0 Å². The zero-order valence-electron chi connectivity index (χ0n) is 11.3. The fourth-order valence-corrected chi connectivity index (χ4v) is 3.11. The van der Waals surface area contributed by atoms with Crippen molar-refractivity contribution < 1.29 is 4.74 Å². The summed E-state index contributed by atoms with van der Waals surface area (Å²) in [5, 5.41) is 3.54. The molecule has 3 nitrogen and oxygen atoms in total. The van der Waals surface area contributed by atoms with Gasteiger partial charge in [0.1, 0.15) is 5.75 Å². The number of benzene rings is 2. The van der Waals surface area contributed by atoms with Crippen LogP contribution in [0.4, 0.5) is 0 Å². The molecule has 0 aliphatic rings. The lowest BCUT2D eigenvalue weighted by atomic mass is 10.0. The molecule has 0 unspecified atom stereocenters. The number of rotatable bonds is 4. The minimum Gasteiger partial charge on any atom is -0.497 e. The van der Waals surface area contributed by atoms with Crippen LogP contribution >= 0.6 is 11.3 Å². The summed E-state index contributed by atoms with van der Waals surface area (Å²) in [6.45, 7) is 0.557. The Hall–Kier alpha value is -1.91. The molecule has 0 aliphatic carbocycles. The molecule has 0 fully saturated rings.